The third-order valence-corrected chi connectivity index (χ3v) is 4.99. The Morgan fingerprint density at radius 2 is 1.95 bits per heavy atom. The van der Waals surface area contributed by atoms with E-state index in [1.165, 1.54) is 23.5 Å². The summed E-state index contributed by atoms with van der Waals surface area (Å²) >= 11 is 1.27. The zero-order chi connectivity index (χ0) is 16.2. The molecular weight excluding hydrogens is 322 g/mol. The van der Waals surface area contributed by atoms with Crippen molar-refractivity contribution in [3.63, 3.8) is 0 Å². The fourth-order valence-corrected chi connectivity index (χ4v) is 3.76. The molecule has 0 aliphatic heterocycles. The van der Waals surface area contributed by atoms with Crippen LogP contribution in [0.5, 0.6) is 5.75 Å². The second kappa shape index (κ2) is 7.08. The average Bonchev–Trinajstić information content (AvgIpc) is 2.85. The Bertz CT molecular complexity index is 709. The summed E-state index contributed by atoms with van der Waals surface area (Å²) in [5, 5.41) is 2.21. The summed E-state index contributed by atoms with van der Waals surface area (Å²) in [7, 11) is 0.236. The first kappa shape index (κ1) is 16.7. The van der Waals surface area contributed by atoms with Crippen molar-refractivity contribution in [3.8, 4) is 5.75 Å². The molecule has 1 heterocycles. The van der Waals surface area contributed by atoms with Gasteiger partial charge in [0, 0.05) is 11.9 Å². The van der Waals surface area contributed by atoms with Crippen molar-refractivity contribution in [2.45, 2.75) is 18.4 Å². The molecule has 0 saturated heterocycles. The Labute approximate surface area is 134 Å². The average molecular weight is 341 g/mol. The highest BCUT2D eigenvalue weighted by atomic mass is 32.2. The molecule has 120 valence electrons. The van der Waals surface area contributed by atoms with Crippen LogP contribution in [0.3, 0.4) is 0 Å². The molecule has 0 atom stereocenters. The smallest absolute Gasteiger partial charge is 0.263 e. The maximum Gasteiger partial charge on any atom is 0.263 e. The van der Waals surface area contributed by atoms with Crippen molar-refractivity contribution in [1.82, 2.24) is 9.88 Å². The van der Waals surface area contributed by atoms with Crippen LogP contribution >= 0.6 is 11.3 Å². The van der Waals surface area contributed by atoms with Gasteiger partial charge >= 0.3 is 0 Å². The second-order valence-electron chi connectivity index (χ2n) is 4.89. The van der Waals surface area contributed by atoms with Crippen LogP contribution in [0.2, 0.25) is 0 Å². The van der Waals surface area contributed by atoms with Gasteiger partial charge in [-0.2, -0.15) is 0 Å². The van der Waals surface area contributed by atoms with E-state index < -0.39 is 10.0 Å². The molecule has 0 unspecified atom stereocenters. The minimum atomic E-state index is -3.63. The van der Waals surface area contributed by atoms with E-state index in [0.717, 1.165) is 5.69 Å². The van der Waals surface area contributed by atoms with Gasteiger partial charge in [-0.3, -0.25) is 4.72 Å². The third-order valence-electron chi connectivity index (χ3n) is 2.70. The number of nitrogens with zero attached hydrogens (tertiary/aromatic N) is 2. The number of anilines is 1. The molecule has 0 radical (unpaired) electrons. The summed E-state index contributed by atoms with van der Waals surface area (Å²) in [4.78, 5) is 6.42. The summed E-state index contributed by atoms with van der Waals surface area (Å²) in [5.74, 6) is 0.643. The Morgan fingerprint density at radius 3 is 2.55 bits per heavy atom. The van der Waals surface area contributed by atoms with Crippen LogP contribution in [0.4, 0.5) is 5.13 Å². The summed E-state index contributed by atoms with van der Waals surface area (Å²) in [6, 6.07) is 6.30. The molecule has 2 rings (SSSR count). The van der Waals surface area contributed by atoms with E-state index in [2.05, 4.69) is 9.71 Å². The quantitative estimate of drug-likeness (QED) is 0.837. The zero-order valence-corrected chi connectivity index (χ0v) is 14.4. The minimum absolute atomic E-state index is 0.181. The van der Waals surface area contributed by atoms with E-state index >= 15 is 0 Å². The number of ether oxygens (including phenoxy) is 1. The van der Waals surface area contributed by atoms with Crippen molar-refractivity contribution in [2.75, 3.05) is 25.4 Å². The zero-order valence-electron chi connectivity index (χ0n) is 12.7. The number of hydrogen-bond donors (Lipinski definition) is 1. The van der Waals surface area contributed by atoms with Crippen LogP contribution in [0.1, 0.15) is 12.6 Å². The van der Waals surface area contributed by atoms with Gasteiger partial charge in [-0.1, -0.05) is 0 Å². The molecule has 2 aromatic rings. The first-order valence-corrected chi connectivity index (χ1v) is 9.12. The molecule has 6 nitrogen and oxygen atoms in total. The van der Waals surface area contributed by atoms with Crippen LogP contribution in [0, 0.1) is 0 Å². The summed E-state index contributed by atoms with van der Waals surface area (Å²) in [6.45, 7) is 3.08. The third kappa shape index (κ3) is 4.43. The number of sulfonamides is 1. The van der Waals surface area contributed by atoms with Gasteiger partial charge in [0.05, 0.1) is 17.2 Å². The molecule has 8 heteroatoms. The van der Waals surface area contributed by atoms with Crippen molar-refractivity contribution in [3.05, 3.63) is 35.3 Å². The highest BCUT2D eigenvalue weighted by Gasteiger charge is 2.16. The topological polar surface area (TPSA) is 71.5 Å². The standard InChI is InChI=1S/C14H19N3O3S2/c1-4-20-12-5-7-13(8-6-12)22(18,19)16-14-15-11(10-21-14)9-17(2)3/h5-8,10H,4,9H2,1-3H3,(H,15,16). The predicted octanol–water partition coefficient (Wildman–Crippen LogP) is 2.40. The summed E-state index contributed by atoms with van der Waals surface area (Å²) in [6.07, 6.45) is 0. The Balaban J connectivity index is 2.11. The van der Waals surface area contributed by atoms with Crippen molar-refractivity contribution >= 4 is 26.5 Å². The van der Waals surface area contributed by atoms with Crippen LogP contribution < -0.4 is 9.46 Å². The van der Waals surface area contributed by atoms with Crippen LogP contribution in [0.15, 0.2) is 34.5 Å². The Morgan fingerprint density at radius 1 is 1.27 bits per heavy atom. The fraction of sp³-hybridized carbons (Fsp3) is 0.357. The highest BCUT2D eigenvalue weighted by molar-refractivity contribution is 7.93. The molecule has 1 N–H and O–H groups in total. The predicted molar refractivity (Wildman–Crippen MR) is 87.9 cm³/mol. The van der Waals surface area contributed by atoms with Gasteiger partial charge in [0.25, 0.3) is 10.0 Å². The minimum Gasteiger partial charge on any atom is -0.494 e. The lowest BCUT2D eigenvalue weighted by molar-refractivity contribution is 0.340. The van der Waals surface area contributed by atoms with Crippen molar-refractivity contribution < 1.29 is 13.2 Å². The first-order chi connectivity index (χ1) is 10.4. The molecule has 0 amide bonds. The van der Waals surface area contributed by atoms with Gasteiger partial charge in [0.1, 0.15) is 5.75 Å². The molecule has 1 aromatic heterocycles. The molecule has 0 fully saturated rings. The SMILES string of the molecule is CCOc1ccc(S(=O)(=O)Nc2nc(CN(C)C)cs2)cc1. The molecule has 0 aliphatic carbocycles. The van der Waals surface area contributed by atoms with Gasteiger partial charge < -0.3 is 9.64 Å². The summed E-state index contributed by atoms with van der Waals surface area (Å²) in [5.41, 5.74) is 0.833. The second-order valence-corrected chi connectivity index (χ2v) is 7.43. The van der Waals surface area contributed by atoms with Gasteiger partial charge in [-0.15, -0.1) is 11.3 Å². The number of thiazole rings is 1. The highest BCUT2D eigenvalue weighted by Crippen LogP contribution is 2.22. The molecule has 0 saturated carbocycles. The van der Waals surface area contributed by atoms with Gasteiger partial charge in [0.2, 0.25) is 0 Å². The van der Waals surface area contributed by atoms with Crippen molar-refractivity contribution in [2.24, 2.45) is 0 Å². The van der Waals surface area contributed by atoms with Crippen molar-refractivity contribution in [1.29, 1.82) is 0 Å². The molecule has 0 bridgehead atoms. The molecule has 0 spiro atoms. The number of aromatic nitrogens is 1. The van der Waals surface area contributed by atoms with Crippen LogP contribution in [-0.2, 0) is 16.6 Å². The molecule has 22 heavy (non-hydrogen) atoms. The van der Waals surface area contributed by atoms with E-state index in [-0.39, 0.29) is 4.90 Å². The molecule has 1 aromatic carbocycles. The number of rotatable bonds is 7. The lowest BCUT2D eigenvalue weighted by Gasteiger charge is -2.07. The fourth-order valence-electron chi connectivity index (χ4n) is 1.81. The van der Waals surface area contributed by atoms with E-state index in [4.69, 9.17) is 4.74 Å². The molecular formula is C14H19N3O3S2. The Hall–Kier alpha value is -1.64. The summed E-state index contributed by atoms with van der Waals surface area (Å²) < 4.78 is 32.4. The Kier molecular flexibility index (Phi) is 5.38. The van der Waals surface area contributed by atoms with Gasteiger partial charge in [-0.05, 0) is 45.3 Å². The lowest BCUT2D eigenvalue weighted by Crippen LogP contribution is -2.13. The van der Waals surface area contributed by atoms with Crippen LogP contribution in [-0.4, -0.2) is 39.0 Å². The van der Waals surface area contributed by atoms with E-state index in [9.17, 15) is 8.42 Å². The number of hydrogen-bond acceptors (Lipinski definition) is 6. The maximum atomic E-state index is 12.3. The van der Waals surface area contributed by atoms with E-state index in [1.54, 1.807) is 12.1 Å². The normalized spacial score (nSPS) is 11.6. The largest absolute Gasteiger partial charge is 0.494 e. The van der Waals surface area contributed by atoms with Gasteiger partial charge in [0.15, 0.2) is 5.13 Å². The number of benzene rings is 1. The maximum absolute atomic E-state index is 12.3. The monoisotopic (exact) mass is 341 g/mol. The first-order valence-electron chi connectivity index (χ1n) is 6.75. The van der Waals surface area contributed by atoms with E-state index in [0.29, 0.717) is 24.0 Å². The van der Waals surface area contributed by atoms with Gasteiger partial charge in [-0.25, -0.2) is 13.4 Å². The lowest BCUT2D eigenvalue weighted by atomic mass is 10.3. The van der Waals surface area contributed by atoms with Crippen LogP contribution in [0.25, 0.3) is 0 Å². The number of nitrogens with one attached hydrogen (secondary N) is 1. The van der Waals surface area contributed by atoms with E-state index in [1.807, 2.05) is 31.3 Å². The molecule has 0 aliphatic rings.